The summed E-state index contributed by atoms with van der Waals surface area (Å²) >= 11 is 0.495. The van der Waals surface area contributed by atoms with E-state index in [4.69, 9.17) is 5.26 Å². The first-order valence-electron chi connectivity index (χ1n) is 13.3. The minimum absolute atomic E-state index is 0.0254. The lowest BCUT2D eigenvalue weighted by Gasteiger charge is -2.09. The van der Waals surface area contributed by atoms with E-state index >= 15 is 0 Å². The van der Waals surface area contributed by atoms with Crippen LogP contribution in [0.3, 0.4) is 0 Å². The highest BCUT2D eigenvalue weighted by Gasteiger charge is 2.19. The van der Waals surface area contributed by atoms with Gasteiger partial charge in [0.1, 0.15) is 22.1 Å². The van der Waals surface area contributed by atoms with Crippen LogP contribution in [-0.2, 0) is 29.6 Å². The Kier molecular flexibility index (Phi) is 8.81. The van der Waals surface area contributed by atoms with E-state index in [1.54, 1.807) is 24.3 Å². The number of hydrogen-bond acceptors (Lipinski definition) is 14. The predicted molar refractivity (Wildman–Crippen MR) is 174 cm³/mol. The Morgan fingerprint density at radius 1 is 0.604 bits per heavy atom. The molecule has 0 bridgehead atoms. The maximum atomic E-state index is 12.2. The van der Waals surface area contributed by atoms with Gasteiger partial charge in [-0.05, 0) is 53.9 Å². The number of azo groups is 2. The van der Waals surface area contributed by atoms with Crippen LogP contribution in [0.4, 0.5) is 22.7 Å². The number of benzene rings is 6. The van der Waals surface area contributed by atoms with E-state index in [0.29, 0.717) is 33.9 Å². The lowest BCUT2D eigenvalue weighted by molar-refractivity contribution is -0.432. The molecule has 0 fully saturated rings. The minimum atomic E-state index is -4.74. The summed E-state index contributed by atoms with van der Waals surface area (Å²) in [7, 11) is -9.41. The second kappa shape index (κ2) is 12.9. The van der Waals surface area contributed by atoms with Crippen LogP contribution in [0.2, 0.25) is 0 Å². The summed E-state index contributed by atoms with van der Waals surface area (Å²) in [4.78, 5) is -0.797. The van der Waals surface area contributed by atoms with Gasteiger partial charge in [-0.1, -0.05) is 41.4 Å². The first-order chi connectivity index (χ1) is 22.8. The molecule has 0 saturated heterocycles. The lowest BCUT2D eigenvalue weighted by atomic mass is 10.1. The molecule has 0 spiro atoms. The van der Waals surface area contributed by atoms with Crippen molar-refractivity contribution in [3.8, 4) is 11.5 Å². The maximum Gasteiger partial charge on any atom is 0.295 e. The molecule has 18 heteroatoms. The Hall–Kier alpha value is -5.05. The maximum absolute atomic E-state index is 12.2. The van der Waals surface area contributed by atoms with Crippen molar-refractivity contribution in [1.82, 2.24) is 0 Å². The van der Waals surface area contributed by atoms with Gasteiger partial charge in [0.15, 0.2) is 0 Å². The fourth-order valence-corrected chi connectivity index (χ4v) is 6.70. The fraction of sp³-hybridized carbons (Fsp3) is 0. The highest BCUT2D eigenvalue weighted by atomic mass is 32.2. The molecule has 48 heavy (non-hydrogen) atoms. The monoisotopic (exact) mass is 708 g/mol. The Balaban J connectivity index is 1.46. The number of phenols is 2. The summed E-state index contributed by atoms with van der Waals surface area (Å²) in [5.74, 6) is -0.445. The van der Waals surface area contributed by atoms with E-state index in [0.717, 1.165) is 18.2 Å². The van der Waals surface area contributed by atoms with E-state index in [9.17, 15) is 36.2 Å². The average Bonchev–Trinajstić information content (AvgIpc) is 3.05. The van der Waals surface area contributed by atoms with Gasteiger partial charge < -0.3 is 10.2 Å². The molecular formula is C30H20N4O11S3. The van der Waals surface area contributed by atoms with Crippen LogP contribution < -0.4 is 0 Å². The highest BCUT2D eigenvalue weighted by molar-refractivity contribution is 7.94. The zero-order valence-corrected chi connectivity index (χ0v) is 26.3. The van der Waals surface area contributed by atoms with Crippen molar-refractivity contribution < 1.29 is 50.8 Å². The molecular weight excluding hydrogens is 689 g/mol. The van der Waals surface area contributed by atoms with Crippen LogP contribution in [0.1, 0.15) is 0 Å². The van der Waals surface area contributed by atoms with Crippen molar-refractivity contribution in [2.24, 2.45) is 20.5 Å². The molecule has 6 aromatic carbocycles. The summed E-state index contributed by atoms with van der Waals surface area (Å²) in [5, 5.41) is 51.8. The molecule has 0 aliphatic rings. The molecule has 0 aromatic heterocycles. The zero-order chi connectivity index (χ0) is 34.2. The SMILES string of the molecule is O=S(=O)(O)c1ccc2c(N=Nc3ccc4cc(SOOO)cc(S(=O)(=O)O)c4c3)cc(O)c(N=Nc3ccc(O)c4ccccc34)c2c1. The summed E-state index contributed by atoms with van der Waals surface area (Å²) < 4.78 is 72.2. The van der Waals surface area contributed by atoms with Crippen molar-refractivity contribution in [3.05, 3.63) is 91.0 Å². The van der Waals surface area contributed by atoms with Gasteiger partial charge in [0.05, 0.1) is 34.0 Å². The Morgan fingerprint density at radius 2 is 1.33 bits per heavy atom. The molecule has 0 aliphatic heterocycles. The molecule has 0 unspecified atom stereocenters. The number of hydrogen-bond donors (Lipinski definition) is 5. The number of rotatable bonds is 9. The number of nitrogens with zero attached hydrogens (tertiary/aromatic N) is 4. The van der Waals surface area contributed by atoms with E-state index < -0.39 is 35.8 Å². The van der Waals surface area contributed by atoms with Gasteiger partial charge in [-0.2, -0.15) is 21.9 Å². The van der Waals surface area contributed by atoms with Gasteiger partial charge >= 0.3 is 0 Å². The van der Waals surface area contributed by atoms with E-state index in [1.807, 2.05) is 0 Å². The summed E-state index contributed by atoms with van der Waals surface area (Å²) in [6.45, 7) is 0. The number of fused-ring (bicyclic) bond motifs is 3. The van der Waals surface area contributed by atoms with Crippen molar-refractivity contribution >= 4 is 87.3 Å². The summed E-state index contributed by atoms with van der Waals surface area (Å²) in [6.07, 6.45) is 0. The molecule has 244 valence electrons. The van der Waals surface area contributed by atoms with Crippen molar-refractivity contribution in [2.75, 3.05) is 0 Å². The topological polar surface area (TPSA) is 237 Å². The second-order valence-corrected chi connectivity index (χ2v) is 13.6. The largest absolute Gasteiger partial charge is 0.507 e. The third kappa shape index (κ3) is 6.68. The van der Waals surface area contributed by atoms with Crippen LogP contribution in [0.15, 0.2) is 126 Å². The number of aromatic hydroxyl groups is 2. The van der Waals surface area contributed by atoms with Gasteiger partial charge in [0.2, 0.25) is 0 Å². The Bertz CT molecular complexity index is 2540. The van der Waals surface area contributed by atoms with Crippen molar-refractivity contribution in [2.45, 2.75) is 14.7 Å². The van der Waals surface area contributed by atoms with Gasteiger partial charge in [0, 0.05) is 37.9 Å². The second-order valence-electron chi connectivity index (χ2n) is 10.0. The van der Waals surface area contributed by atoms with E-state index in [-0.39, 0.29) is 43.9 Å². The standard InChI is InChI=1S/C30H20N4O11S3/c35-27-10-9-25(20-3-1-2-4-22(20)27)32-34-30-24-14-19(47(38,39)40)7-8-21(24)26(15-28(30)36)33-31-17-6-5-16-11-18(46-45-44-37)13-29(23(16)12-17)48(41,42)43/h1-15,35-37H,(H,38,39,40)(H,41,42,43). The van der Waals surface area contributed by atoms with Gasteiger partial charge in [-0.3, -0.25) is 9.11 Å². The Labute approximate surface area is 275 Å². The van der Waals surface area contributed by atoms with E-state index in [2.05, 4.69) is 29.8 Å². The molecule has 15 nitrogen and oxygen atoms in total. The minimum Gasteiger partial charge on any atom is -0.507 e. The predicted octanol–water partition coefficient (Wildman–Crippen LogP) is 8.31. The summed E-state index contributed by atoms with van der Waals surface area (Å²) in [5.41, 5.74) is 0.361. The van der Waals surface area contributed by atoms with Gasteiger partial charge in [0.25, 0.3) is 20.2 Å². The van der Waals surface area contributed by atoms with Gasteiger partial charge in [-0.15, -0.1) is 19.7 Å². The normalized spacial score (nSPS) is 12.6. The van der Waals surface area contributed by atoms with Gasteiger partial charge in [-0.25, -0.2) is 5.26 Å². The molecule has 0 atom stereocenters. The lowest BCUT2D eigenvalue weighted by Crippen LogP contribution is -1.99. The molecule has 0 aliphatic carbocycles. The zero-order valence-electron chi connectivity index (χ0n) is 23.9. The molecule has 0 heterocycles. The third-order valence-electron chi connectivity index (χ3n) is 7.06. The van der Waals surface area contributed by atoms with E-state index in [1.165, 1.54) is 48.5 Å². The summed E-state index contributed by atoms with van der Waals surface area (Å²) in [6, 6.07) is 21.5. The van der Waals surface area contributed by atoms with Crippen molar-refractivity contribution in [1.29, 1.82) is 0 Å². The smallest absolute Gasteiger partial charge is 0.295 e. The van der Waals surface area contributed by atoms with Crippen LogP contribution in [0, 0.1) is 0 Å². The molecule has 5 N–H and O–H groups in total. The molecule has 6 rings (SSSR count). The molecule has 0 amide bonds. The average molecular weight is 709 g/mol. The van der Waals surface area contributed by atoms with Crippen LogP contribution >= 0.6 is 12.0 Å². The highest BCUT2D eigenvalue weighted by Crippen LogP contribution is 2.44. The fourth-order valence-electron chi connectivity index (χ4n) is 4.94. The molecule has 0 saturated carbocycles. The third-order valence-corrected chi connectivity index (χ3v) is 9.36. The quantitative estimate of drug-likeness (QED) is 0.0313. The van der Waals surface area contributed by atoms with Crippen molar-refractivity contribution in [3.63, 3.8) is 0 Å². The molecule has 0 radical (unpaired) electrons. The first kappa shape index (κ1) is 32.9. The number of phenolic OH excluding ortho intramolecular Hbond substituents is 2. The first-order valence-corrected chi connectivity index (χ1v) is 17.0. The Morgan fingerprint density at radius 3 is 2.06 bits per heavy atom. The van der Waals surface area contributed by atoms with Crippen LogP contribution in [0.5, 0.6) is 11.5 Å². The van der Waals surface area contributed by atoms with Crippen LogP contribution in [0.25, 0.3) is 32.3 Å². The molecule has 6 aromatic rings. The van der Waals surface area contributed by atoms with Crippen LogP contribution in [-0.4, -0.2) is 41.4 Å².